The van der Waals surface area contributed by atoms with Crippen LogP contribution in [-0.4, -0.2) is 33.6 Å². The largest absolute Gasteiger partial charge is 0.507 e. The number of hydrogen-bond acceptors (Lipinski definition) is 8. The van der Waals surface area contributed by atoms with Crippen LogP contribution < -0.4 is 14.4 Å². The molecule has 174 valence electrons. The van der Waals surface area contributed by atoms with Gasteiger partial charge in [0.1, 0.15) is 11.8 Å². The Kier molecular flexibility index (Phi) is 4.98. The third-order valence-electron chi connectivity index (χ3n) is 5.92. The van der Waals surface area contributed by atoms with Crippen LogP contribution in [0.15, 0.2) is 60.3 Å². The standard InChI is InChI=1S/C25H16ClN3O5S/c1-12-8-19-16(10-14(12)26)28-25(35-19)29-21(15-4-2-3-7-27-15)20(23(31)24(29)32)22(30)13-5-6-17-18(9-13)34-11-33-17/h2-10,21,30H,11H2,1H3/b22-20+. The van der Waals surface area contributed by atoms with Crippen LogP contribution in [0.4, 0.5) is 5.13 Å². The number of rotatable bonds is 3. The second-order valence-corrected chi connectivity index (χ2v) is 9.47. The molecule has 1 unspecified atom stereocenters. The Morgan fingerprint density at radius 3 is 2.77 bits per heavy atom. The lowest BCUT2D eigenvalue weighted by Gasteiger charge is -2.21. The number of amides is 1. The Balaban J connectivity index is 1.54. The highest BCUT2D eigenvalue weighted by Gasteiger charge is 2.49. The van der Waals surface area contributed by atoms with E-state index in [1.807, 2.05) is 13.0 Å². The molecule has 4 heterocycles. The summed E-state index contributed by atoms with van der Waals surface area (Å²) >= 11 is 7.53. The summed E-state index contributed by atoms with van der Waals surface area (Å²) in [5.74, 6) is -0.989. The molecule has 2 aliphatic rings. The van der Waals surface area contributed by atoms with Gasteiger partial charge in [-0.25, -0.2) is 4.98 Å². The van der Waals surface area contributed by atoms with E-state index in [1.54, 1.807) is 48.7 Å². The molecule has 8 nitrogen and oxygen atoms in total. The summed E-state index contributed by atoms with van der Waals surface area (Å²) < 4.78 is 11.6. The number of aliphatic hydroxyl groups excluding tert-OH is 1. The fourth-order valence-electron chi connectivity index (χ4n) is 4.19. The molecule has 2 aromatic heterocycles. The highest BCUT2D eigenvalue weighted by Crippen LogP contribution is 2.45. The third-order valence-corrected chi connectivity index (χ3v) is 7.35. The van der Waals surface area contributed by atoms with Gasteiger partial charge in [-0.15, -0.1) is 0 Å². The molecule has 10 heteroatoms. The van der Waals surface area contributed by atoms with Crippen molar-refractivity contribution < 1.29 is 24.2 Å². The van der Waals surface area contributed by atoms with Crippen molar-refractivity contribution in [3.63, 3.8) is 0 Å². The molecule has 0 saturated carbocycles. The number of ether oxygens (including phenoxy) is 2. The lowest BCUT2D eigenvalue weighted by atomic mass is 9.98. The normalized spacial score (nSPS) is 18.6. The minimum atomic E-state index is -0.973. The van der Waals surface area contributed by atoms with Crippen LogP contribution >= 0.6 is 22.9 Å². The van der Waals surface area contributed by atoms with Crippen LogP contribution in [0.1, 0.15) is 22.9 Å². The lowest BCUT2D eigenvalue weighted by Crippen LogP contribution is -2.29. The number of thiazole rings is 1. The van der Waals surface area contributed by atoms with Gasteiger partial charge in [0.2, 0.25) is 6.79 Å². The van der Waals surface area contributed by atoms with Crippen LogP contribution in [0.5, 0.6) is 11.5 Å². The number of fused-ring (bicyclic) bond motifs is 2. The van der Waals surface area contributed by atoms with Crippen LogP contribution in [0.3, 0.4) is 0 Å². The first-order valence-corrected chi connectivity index (χ1v) is 11.8. The first-order valence-electron chi connectivity index (χ1n) is 10.6. The molecule has 2 aliphatic heterocycles. The van der Waals surface area contributed by atoms with Crippen molar-refractivity contribution in [2.45, 2.75) is 13.0 Å². The number of carbonyl (C=O) groups is 2. The summed E-state index contributed by atoms with van der Waals surface area (Å²) in [6.45, 7) is 1.95. The predicted octanol–water partition coefficient (Wildman–Crippen LogP) is 5.01. The average Bonchev–Trinajstić information content (AvgIpc) is 3.55. The molecule has 1 atom stereocenters. The average molecular weight is 506 g/mol. The molecule has 0 spiro atoms. The van der Waals surface area contributed by atoms with E-state index in [9.17, 15) is 14.7 Å². The molecule has 0 aliphatic carbocycles. The summed E-state index contributed by atoms with van der Waals surface area (Å²) in [7, 11) is 0. The molecule has 1 amide bonds. The Morgan fingerprint density at radius 1 is 1.14 bits per heavy atom. The number of aromatic nitrogens is 2. The number of aryl methyl sites for hydroxylation is 1. The second kappa shape index (κ2) is 8.07. The van der Waals surface area contributed by atoms with Crippen LogP contribution in [0, 0.1) is 6.92 Å². The van der Waals surface area contributed by atoms with Crippen LogP contribution in [0.2, 0.25) is 5.02 Å². The molecule has 4 aromatic rings. The van der Waals surface area contributed by atoms with E-state index in [4.69, 9.17) is 21.1 Å². The number of benzene rings is 2. The van der Waals surface area contributed by atoms with Crippen molar-refractivity contribution in [3.8, 4) is 11.5 Å². The zero-order chi connectivity index (χ0) is 24.3. The van der Waals surface area contributed by atoms with Crippen LogP contribution in [-0.2, 0) is 9.59 Å². The number of halogens is 1. The minimum Gasteiger partial charge on any atom is -0.507 e. The van der Waals surface area contributed by atoms with E-state index in [2.05, 4.69) is 9.97 Å². The van der Waals surface area contributed by atoms with E-state index < -0.39 is 17.7 Å². The number of ketones is 1. The number of pyridine rings is 1. The Hall–Kier alpha value is -3.95. The first-order chi connectivity index (χ1) is 16.9. The molecule has 2 aromatic carbocycles. The quantitative estimate of drug-likeness (QED) is 0.237. The van der Waals surface area contributed by atoms with Gasteiger partial charge < -0.3 is 14.6 Å². The topological polar surface area (TPSA) is 102 Å². The van der Waals surface area contributed by atoms with E-state index >= 15 is 0 Å². The summed E-state index contributed by atoms with van der Waals surface area (Å²) in [6.07, 6.45) is 1.57. The monoisotopic (exact) mass is 505 g/mol. The zero-order valence-electron chi connectivity index (χ0n) is 18.2. The molecule has 6 rings (SSSR count). The molecule has 1 fully saturated rings. The molecular formula is C25H16ClN3O5S. The number of hydrogen-bond donors (Lipinski definition) is 1. The molecule has 35 heavy (non-hydrogen) atoms. The number of carbonyl (C=O) groups excluding carboxylic acids is 2. The highest BCUT2D eigenvalue weighted by molar-refractivity contribution is 7.22. The number of aliphatic hydroxyl groups is 1. The Bertz CT molecular complexity index is 1530. The summed E-state index contributed by atoms with van der Waals surface area (Å²) in [6, 6.07) is 12.6. The maximum Gasteiger partial charge on any atom is 0.301 e. The predicted molar refractivity (Wildman–Crippen MR) is 131 cm³/mol. The van der Waals surface area contributed by atoms with Gasteiger partial charge in [-0.1, -0.05) is 29.0 Å². The van der Waals surface area contributed by atoms with Gasteiger partial charge in [-0.05, 0) is 55.0 Å². The smallest absolute Gasteiger partial charge is 0.301 e. The van der Waals surface area contributed by atoms with Gasteiger partial charge in [0.25, 0.3) is 5.78 Å². The number of anilines is 1. The molecule has 0 radical (unpaired) electrons. The Labute approximate surface area is 208 Å². The van der Waals surface area contributed by atoms with Gasteiger partial charge in [-0.2, -0.15) is 0 Å². The van der Waals surface area contributed by atoms with Crippen molar-refractivity contribution in [2.75, 3.05) is 11.7 Å². The van der Waals surface area contributed by atoms with Crippen molar-refractivity contribution in [3.05, 3.63) is 82.1 Å². The first kappa shape index (κ1) is 21.6. The molecular weight excluding hydrogens is 490 g/mol. The summed E-state index contributed by atoms with van der Waals surface area (Å²) in [5, 5.41) is 12.1. The van der Waals surface area contributed by atoms with E-state index in [1.165, 1.54) is 16.2 Å². The Morgan fingerprint density at radius 2 is 1.97 bits per heavy atom. The second-order valence-electron chi connectivity index (χ2n) is 8.06. The summed E-state index contributed by atoms with van der Waals surface area (Å²) in [4.78, 5) is 36.9. The maximum absolute atomic E-state index is 13.3. The number of Topliss-reactive ketones (excluding diaryl/α,β-unsaturated/α-hetero) is 1. The highest BCUT2D eigenvalue weighted by atomic mass is 35.5. The van der Waals surface area contributed by atoms with Gasteiger partial charge in [0.05, 0.1) is 21.5 Å². The fraction of sp³-hybridized carbons (Fsp3) is 0.120. The fourth-order valence-corrected chi connectivity index (χ4v) is 5.42. The number of nitrogens with zero attached hydrogens (tertiary/aromatic N) is 3. The third kappa shape index (κ3) is 3.43. The van der Waals surface area contributed by atoms with Crippen LogP contribution in [0.25, 0.3) is 16.0 Å². The van der Waals surface area contributed by atoms with Crippen molar-refractivity contribution in [1.29, 1.82) is 0 Å². The minimum absolute atomic E-state index is 0.0684. The van der Waals surface area contributed by atoms with E-state index in [0.717, 1.165) is 10.3 Å². The van der Waals surface area contributed by atoms with Crippen molar-refractivity contribution in [1.82, 2.24) is 9.97 Å². The van der Waals surface area contributed by atoms with Gasteiger partial charge >= 0.3 is 5.91 Å². The zero-order valence-corrected chi connectivity index (χ0v) is 19.8. The molecule has 1 N–H and O–H groups in total. The van der Waals surface area contributed by atoms with E-state index in [0.29, 0.717) is 38.4 Å². The van der Waals surface area contributed by atoms with Crippen molar-refractivity contribution in [2.24, 2.45) is 0 Å². The van der Waals surface area contributed by atoms with E-state index in [-0.39, 0.29) is 18.1 Å². The molecule has 0 bridgehead atoms. The van der Waals surface area contributed by atoms with Gasteiger partial charge in [-0.3, -0.25) is 19.5 Å². The maximum atomic E-state index is 13.3. The lowest BCUT2D eigenvalue weighted by molar-refractivity contribution is -0.132. The SMILES string of the molecule is Cc1cc2sc(N3C(=O)C(=O)/C(=C(/O)c4ccc5c(c4)OCO5)C3c3ccccn3)nc2cc1Cl. The van der Waals surface area contributed by atoms with Gasteiger partial charge in [0.15, 0.2) is 16.6 Å². The van der Waals surface area contributed by atoms with Crippen molar-refractivity contribution >= 4 is 55.7 Å². The summed E-state index contributed by atoms with van der Waals surface area (Å²) in [5.41, 5.74) is 2.14. The molecule has 1 saturated heterocycles. The van der Waals surface area contributed by atoms with Gasteiger partial charge in [0, 0.05) is 16.8 Å².